The van der Waals surface area contributed by atoms with E-state index >= 15 is 0 Å². The molecule has 0 fully saturated rings. The third-order valence-electron chi connectivity index (χ3n) is 4.68. The van der Waals surface area contributed by atoms with Crippen LogP contribution in [0.4, 0.5) is 13.2 Å². The number of benzene rings is 1. The van der Waals surface area contributed by atoms with Gasteiger partial charge in [-0.25, -0.2) is 0 Å². The number of carbonyl (C=O) groups excluding carboxylic acids is 1. The molecule has 0 radical (unpaired) electrons. The smallest absolute Gasteiger partial charge is 0.395 e. The van der Waals surface area contributed by atoms with Crippen LogP contribution < -0.4 is 11.5 Å². The first kappa shape index (κ1) is 20.6. The van der Waals surface area contributed by atoms with Crippen LogP contribution in [0.2, 0.25) is 5.02 Å². The van der Waals surface area contributed by atoms with Gasteiger partial charge in [0, 0.05) is 22.4 Å². The van der Waals surface area contributed by atoms with Crippen LogP contribution in [-0.4, -0.2) is 35.8 Å². The average Bonchev–Trinajstić information content (AvgIpc) is 3.01. The normalized spacial score (nSPS) is 15.1. The molecule has 1 aliphatic heterocycles. The van der Waals surface area contributed by atoms with Crippen molar-refractivity contribution in [3.63, 3.8) is 0 Å². The summed E-state index contributed by atoms with van der Waals surface area (Å²) >= 11 is 7.84. The Hall–Kier alpha value is -2.10. The zero-order valence-corrected chi connectivity index (χ0v) is 16.5. The van der Waals surface area contributed by atoms with Crippen molar-refractivity contribution >= 4 is 44.6 Å². The van der Waals surface area contributed by atoms with Crippen molar-refractivity contribution in [2.75, 3.05) is 13.1 Å². The molecular formula is C18H18ClF3N4OS. The van der Waals surface area contributed by atoms with Gasteiger partial charge in [0.1, 0.15) is 5.70 Å². The molecule has 1 aliphatic rings. The Morgan fingerprint density at radius 2 is 2.14 bits per heavy atom. The average molecular weight is 431 g/mol. The molecule has 1 amide bonds. The van der Waals surface area contributed by atoms with Crippen molar-refractivity contribution in [3.8, 4) is 0 Å². The Morgan fingerprint density at radius 1 is 1.46 bits per heavy atom. The molecule has 5 nitrogen and oxygen atoms in total. The van der Waals surface area contributed by atoms with Crippen molar-refractivity contribution in [3.05, 3.63) is 44.4 Å². The topological polar surface area (TPSA) is 96.2 Å². The molecule has 0 saturated carbocycles. The van der Waals surface area contributed by atoms with Gasteiger partial charge in [-0.2, -0.15) is 13.2 Å². The Balaban J connectivity index is 2.16. The largest absolute Gasteiger partial charge is 0.430 e. The minimum atomic E-state index is -4.70. The first-order valence-electron chi connectivity index (χ1n) is 8.39. The molecule has 1 aromatic heterocycles. The Bertz CT molecular complexity index is 1010. The lowest BCUT2D eigenvalue weighted by Gasteiger charge is -2.26. The van der Waals surface area contributed by atoms with E-state index in [9.17, 15) is 18.0 Å². The molecule has 28 heavy (non-hydrogen) atoms. The van der Waals surface area contributed by atoms with E-state index in [1.54, 1.807) is 17.9 Å². The van der Waals surface area contributed by atoms with Gasteiger partial charge >= 0.3 is 6.18 Å². The molecule has 150 valence electrons. The molecule has 0 spiro atoms. The van der Waals surface area contributed by atoms with E-state index < -0.39 is 11.9 Å². The van der Waals surface area contributed by atoms with Gasteiger partial charge in [-0.15, -0.1) is 11.3 Å². The van der Waals surface area contributed by atoms with Gasteiger partial charge in [0.2, 0.25) is 5.91 Å². The van der Waals surface area contributed by atoms with Crippen LogP contribution in [0.15, 0.2) is 17.8 Å². The summed E-state index contributed by atoms with van der Waals surface area (Å²) in [6, 6.07) is 1.61. The van der Waals surface area contributed by atoms with E-state index in [0.717, 1.165) is 10.4 Å². The zero-order valence-electron chi connectivity index (χ0n) is 14.9. The highest BCUT2D eigenvalue weighted by molar-refractivity contribution is 7.20. The van der Waals surface area contributed by atoms with Crippen molar-refractivity contribution in [1.82, 2.24) is 4.90 Å². The highest BCUT2D eigenvalue weighted by atomic mass is 35.5. The number of rotatable bonds is 3. The van der Waals surface area contributed by atoms with Crippen molar-refractivity contribution in [2.45, 2.75) is 26.1 Å². The van der Waals surface area contributed by atoms with Crippen LogP contribution in [0.5, 0.6) is 0 Å². The van der Waals surface area contributed by atoms with Gasteiger partial charge in [0.15, 0.2) is 0 Å². The van der Waals surface area contributed by atoms with E-state index in [1.807, 2.05) is 0 Å². The molecule has 0 unspecified atom stereocenters. The second kappa shape index (κ2) is 7.38. The number of fused-ring (bicyclic) bond motifs is 3. The minimum absolute atomic E-state index is 0.0858. The lowest BCUT2D eigenvalue weighted by Crippen LogP contribution is -2.39. The summed E-state index contributed by atoms with van der Waals surface area (Å²) in [7, 11) is 0. The van der Waals surface area contributed by atoms with Crippen LogP contribution in [0.25, 0.3) is 10.1 Å². The monoisotopic (exact) mass is 430 g/mol. The van der Waals surface area contributed by atoms with Crippen LogP contribution >= 0.6 is 22.9 Å². The van der Waals surface area contributed by atoms with Crippen molar-refractivity contribution < 1.29 is 18.0 Å². The quantitative estimate of drug-likeness (QED) is 0.650. The fourth-order valence-electron chi connectivity index (χ4n) is 3.24. The number of amides is 1. The van der Waals surface area contributed by atoms with Crippen LogP contribution in [0, 0.1) is 12.3 Å². The molecule has 1 aromatic carbocycles. The van der Waals surface area contributed by atoms with Gasteiger partial charge in [-0.1, -0.05) is 11.6 Å². The summed E-state index contributed by atoms with van der Waals surface area (Å²) in [5.41, 5.74) is 10.8. The number of carbonyl (C=O) groups is 1. The van der Waals surface area contributed by atoms with E-state index in [2.05, 4.69) is 0 Å². The summed E-state index contributed by atoms with van der Waals surface area (Å²) in [5, 5.41) is 9.36. The van der Waals surface area contributed by atoms with Gasteiger partial charge < -0.3 is 21.8 Å². The number of hydrogen-bond donors (Lipinski definition) is 3. The fraction of sp³-hybridized carbons (Fsp3) is 0.333. The van der Waals surface area contributed by atoms with Gasteiger partial charge in [-0.05, 0) is 36.6 Å². The zero-order chi connectivity index (χ0) is 20.8. The van der Waals surface area contributed by atoms with E-state index in [-0.39, 0.29) is 18.2 Å². The van der Waals surface area contributed by atoms with Crippen LogP contribution in [-0.2, 0) is 17.8 Å². The highest BCUT2D eigenvalue weighted by Gasteiger charge is 2.32. The molecule has 2 heterocycles. The maximum Gasteiger partial charge on any atom is 0.430 e. The van der Waals surface area contributed by atoms with Gasteiger partial charge in [0.05, 0.1) is 28.5 Å². The summed E-state index contributed by atoms with van der Waals surface area (Å²) in [6.07, 6.45) is -3.57. The molecular weight excluding hydrogens is 413 g/mol. The third-order valence-corrected chi connectivity index (χ3v) is 6.51. The summed E-state index contributed by atoms with van der Waals surface area (Å²) in [5.74, 6) is -0.167. The number of nitrogens with two attached hydrogens (primary N) is 2. The summed E-state index contributed by atoms with van der Waals surface area (Å²) in [4.78, 5) is 14.5. The SMILES string of the molecule is Cc1cc(C(=N)C=C(N)C(F)(F)F)c2c3c(sc2c1Cl)CN(C(=O)CN)CC3. The van der Waals surface area contributed by atoms with Gasteiger partial charge in [0.25, 0.3) is 0 Å². The molecule has 10 heteroatoms. The lowest BCUT2D eigenvalue weighted by atomic mass is 9.95. The molecule has 0 atom stereocenters. The van der Waals surface area contributed by atoms with Crippen molar-refractivity contribution in [2.24, 2.45) is 11.5 Å². The first-order chi connectivity index (χ1) is 13.0. The number of halogens is 4. The van der Waals surface area contributed by atoms with E-state index in [1.165, 1.54) is 11.3 Å². The lowest BCUT2D eigenvalue weighted by molar-refractivity contribution is -0.130. The standard InChI is InChI=1S/C18H18ClF3N4OS/c1-8-4-10(11(24)5-13(25)18(20,21)22)15-9-2-3-26(14(27)6-23)7-12(9)28-17(15)16(8)19/h4-5,24H,2-3,6-7,23,25H2,1H3. The second-order valence-corrected chi connectivity index (χ2v) is 8.03. The maximum absolute atomic E-state index is 12.8. The first-order valence-corrected chi connectivity index (χ1v) is 9.58. The van der Waals surface area contributed by atoms with Crippen molar-refractivity contribution in [1.29, 1.82) is 5.41 Å². The molecule has 0 aliphatic carbocycles. The Morgan fingerprint density at radius 3 is 2.75 bits per heavy atom. The number of hydrogen-bond acceptors (Lipinski definition) is 5. The number of thiophene rings is 1. The second-order valence-electron chi connectivity index (χ2n) is 6.54. The molecule has 0 saturated heterocycles. The number of aryl methyl sites for hydroxylation is 1. The molecule has 3 rings (SSSR count). The van der Waals surface area contributed by atoms with Gasteiger partial charge in [-0.3, -0.25) is 4.79 Å². The van der Waals surface area contributed by atoms with E-state index in [4.69, 9.17) is 28.5 Å². The van der Waals surface area contributed by atoms with Crippen LogP contribution in [0.3, 0.4) is 0 Å². The maximum atomic E-state index is 12.8. The predicted octanol–water partition coefficient (Wildman–Crippen LogP) is 3.48. The molecule has 2 aromatic rings. The fourth-order valence-corrected chi connectivity index (χ4v) is 4.89. The summed E-state index contributed by atoms with van der Waals surface area (Å²) in [6.45, 7) is 2.47. The number of alkyl halides is 3. The molecule has 0 bridgehead atoms. The summed E-state index contributed by atoms with van der Waals surface area (Å²) < 4.78 is 39.1. The molecule has 5 N–H and O–H groups in total. The number of nitrogens with zero attached hydrogens (tertiary/aromatic N) is 1. The van der Waals surface area contributed by atoms with Crippen LogP contribution in [0.1, 0.15) is 21.6 Å². The predicted molar refractivity (Wildman–Crippen MR) is 105 cm³/mol. The Labute approximate surface area is 168 Å². The Kier molecular flexibility index (Phi) is 5.44. The number of allylic oxidation sites excluding steroid dienone is 2. The number of nitrogens with one attached hydrogen (secondary N) is 1. The van der Waals surface area contributed by atoms with E-state index in [0.29, 0.717) is 51.8 Å². The highest BCUT2D eigenvalue weighted by Crippen LogP contribution is 2.42. The third kappa shape index (κ3) is 3.61. The minimum Gasteiger partial charge on any atom is -0.395 e.